The number of hydrogen-bond donors (Lipinski definition) is 2. The van der Waals surface area contributed by atoms with E-state index in [0.29, 0.717) is 38.3 Å². The summed E-state index contributed by atoms with van der Waals surface area (Å²) in [7, 11) is -3.69. The Kier molecular flexibility index (Phi) is 5.26. The van der Waals surface area contributed by atoms with Crippen molar-refractivity contribution < 1.29 is 13.2 Å². The highest BCUT2D eigenvalue weighted by Crippen LogP contribution is 2.19. The van der Waals surface area contributed by atoms with Crippen LogP contribution in [0.5, 0.6) is 0 Å². The highest BCUT2D eigenvalue weighted by atomic mass is 32.2. The first-order valence-corrected chi connectivity index (χ1v) is 9.89. The smallest absolute Gasteiger partial charge is 0.253 e. The molecule has 2 aromatic rings. The van der Waals surface area contributed by atoms with E-state index >= 15 is 0 Å². The van der Waals surface area contributed by atoms with Crippen LogP contribution in [-0.2, 0) is 16.6 Å². The van der Waals surface area contributed by atoms with Crippen LogP contribution in [0.25, 0.3) is 0 Å². The van der Waals surface area contributed by atoms with Gasteiger partial charge >= 0.3 is 0 Å². The van der Waals surface area contributed by atoms with Gasteiger partial charge in [0.05, 0.1) is 4.90 Å². The van der Waals surface area contributed by atoms with Crippen LogP contribution in [0.1, 0.15) is 15.9 Å². The molecule has 0 bridgehead atoms. The van der Waals surface area contributed by atoms with E-state index in [1.807, 2.05) is 29.2 Å². The molecule has 2 aromatic carbocycles. The van der Waals surface area contributed by atoms with Crippen molar-refractivity contribution in [3.8, 4) is 0 Å². The van der Waals surface area contributed by atoms with Crippen LogP contribution in [-0.4, -0.2) is 45.4 Å². The number of primary sulfonamides is 1. The van der Waals surface area contributed by atoms with E-state index in [4.69, 9.17) is 10.9 Å². The van der Waals surface area contributed by atoms with Crippen molar-refractivity contribution >= 4 is 21.6 Å². The second-order valence-electron chi connectivity index (χ2n) is 6.22. The summed E-state index contributed by atoms with van der Waals surface area (Å²) in [6.45, 7) is 3.03. The van der Waals surface area contributed by atoms with Crippen LogP contribution in [0.4, 0.5) is 5.69 Å². The number of amides is 1. The molecule has 1 heterocycles. The number of benzene rings is 2. The third-order valence-electron chi connectivity index (χ3n) is 4.53. The second kappa shape index (κ2) is 7.45. The molecule has 0 saturated carbocycles. The third kappa shape index (κ3) is 4.04. The first-order chi connectivity index (χ1) is 12.4. The number of sulfonamides is 1. The van der Waals surface area contributed by atoms with E-state index in [0.717, 1.165) is 11.3 Å². The van der Waals surface area contributed by atoms with Gasteiger partial charge < -0.3 is 15.5 Å². The molecule has 0 aromatic heterocycles. The monoisotopic (exact) mass is 374 g/mol. The summed E-state index contributed by atoms with van der Waals surface area (Å²) in [6.07, 6.45) is 0. The van der Waals surface area contributed by atoms with Gasteiger partial charge in [0.25, 0.3) is 5.91 Å². The summed E-state index contributed by atoms with van der Waals surface area (Å²) >= 11 is 0. The molecule has 1 aliphatic rings. The fourth-order valence-electron chi connectivity index (χ4n) is 2.98. The topological polar surface area (TPSA) is 110 Å². The van der Waals surface area contributed by atoms with Crippen molar-refractivity contribution in [3.05, 3.63) is 59.7 Å². The Labute approximate surface area is 153 Å². The molecule has 1 amide bonds. The maximum absolute atomic E-state index is 12.6. The van der Waals surface area contributed by atoms with Crippen molar-refractivity contribution in [1.29, 1.82) is 0 Å². The number of carbonyl (C=O) groups is 1. The molecule has 1 aliphatic heterocycles. The number of hydrogen-bond acceptors (Lipinski definition) is 5. The Balaban J connectivity index is 1.62. The Morgan fingerprint density at radius 3 is 2.00 bits per heavy atom. The minimum atomic E-state index is -3.69. The maximum Gasteiger partial charge on any atom is 0.253 e. The average molecular weight is 374 g/mol. The lowest BCUT2D eigenvalue weighted by molar-refractivity contribution is 0.0746. The molecule has 0 atom stereocenters. The fraction of sp³-hybridized carbons (Fsp3) is 0.278. The Morgan fingerprint density at radius 1 is 0.923 bits per heavy atom. The zero-order valence-corrected chi connectivity index (χ0v) is 15.2. The Hall–Kier alpha value is -2.42. The number of nitrogens with zero attached hydrogens (tertiary/aromatic N) is 2. The second-order valence-corrected chi connectivity index (χ2v) is 7.78. The zero-order chi connectivity index (χ0) is 18.7. The lowest BCUT2D eigenvalue weighted by Crippen LogP contribution is -2.48. The summed E-state index contributed by atoms with van der Waals surface area (Å²) in [5.74, 6) is 0.0118. The van der Waals surface area contributed by atoms with Gasteiger partial charge in [-0.15, -0.1) is 0 Å². The molecule has 8 heteroatoms. The number of anilines is 1. The number of carbonyl (C=O) groups excluding carboxylic acids is 1. The first-order valence-electron chi connectivity index (χ1n) is 8.34. The van der Waals surface area contributed by atoms with Gasteiger partial charge in [0.2, 0.25) is 10.0 Å². The van der Waals surface area contributed by atoms with E-state index in [-0.39, 0.29) is 10.8 Å². The first kappa shape index (κ1) is 18.4. The lowest BCUT2D eigenvalue weighted by atomic mass is 10.1. The molecule has 0 unspecified atom stereocenters. The molecule has 1 fully saturated rings. The van der Waals surface area contributed by atoms with Crippen LogP contribution in [0.3, 0.4) is 0 Å². The quantitative estimate of drug-likeness (QED) is 0.821. The largest absolute Gasteiger partial charge is 0.368 e. The highest BCUT2D eigenvalue weighted by Gasteiger charge is 2.22. The number of rotatable bonds is 4. The fourth-order valence-corrected chi connectivity index (χ4v) is 3.50. The molecule has 3 rings (SSSR count). The van der Waals surface area contributed by atoms with Gasteiger partial charge in [0.1, 0.15) is 0 Å². The minimum Gasteiger partial charge on any atom is -0.368 e. The number of nitrogens with two attached hydrogens (primary N) is 2. The van der Waals surface area contributed by atoms with E-state index in [1.54, 1.807) is 12.1 Å². The molecule has 0 aliphatic carbocycles. The van der Waals surface area contributed by atoms with Crippen LogP contribution >= 0.6 is 0 Å². The molecule has 0 radical (unpaired) electrons. The molecule has 0 spiro atoms. The molecule has 1 saturated heterocycles. The molecular formula is C18H22N4O3S. The van der Waals surface area contributed by atoms with Gasteiger partial charge in [-0.1, -0.05) is 12.1 Å². The van der Waals surface area contributed by atoms with Crippen LogP contribution in [0.2, 0.25) is 0 Å². The molecule has 138 valence electrons. The van der Waals surface area contributed by atoms with Gasteiger partial charge in [-0.3, -0.25) is 4.79 Å². The molecule has 26 heavy (non-hydrogen) atoms. The van der Waals surface area contributed by atoms with E-state index in [1.165, 1.54) is 12.1 Å². The van der Waals surface area contributed by atoms with Crippen molar-refractivity contribution in [1.82, 2.24) is 4.90 Å². The Morgan fingerprint density at radius 2 is 1.50 bits per heavy atom. The molecule has 4 N–H and O–H groups in total. The average Bonchev–Trinajstić information content (AvgIpc) is 2.67. The van der Waals surface area contributed by atoms with Gasteiger partial charge in [-0.25, -0.2) is 13.6 Å². The van der Waals surface area contributed by atoms with Crippen molar-refractivity contribution in [2.24, 2.45) is 10.9 Å². The predicted octanol–water partition coefficient (Wildman–Crippen LogP) is 0.755. The summed E-state index contributed by atoms with van der Waals surface area (Å²) < 4.78 is 22.7. The SMILES string of the molecule is NCc1ccc(C(=O)N2CCN(c3ccc(S(N)(=O)=O)cc3)CC2)cc1. The van der Waals surface area contributed by atoms with Crippen molar-refractivity contribution in [3.63, 3.8) is 0 Å². The summed E-state index contributed by atoms with van der Waals surface area (Å²) in [6, 6.07) is 13.8. The summed E-state index contributed by atoms with van der Waals surface area (Å²) in [5, 5.41) is 5.12. The lowest BCUT2D eigenvalue weighted by Gasteiger charge is -2.36. The normalized spacial score (nSPS) is 15.2. The van der Waals surface area contributed by atoms with Crippen molar-refractivity contribution in [2.75, 3.05) is 31.1 Å². The summed E-state index contributed by atoms with van der Waals surface area (Å²) in [4.78, 5) is 16.6. The molecular weight excluding hydrogens is 352 g/mol. The van der Waals surface area contributed by atoms with E-state index in [2.05, 4.69) is 4.90 Å². The van der Waals surface area contributed by atoms with Gasteiger partial charge in [0.15, 0.2) is 0 Å². The standard InChI is InChI=1S/C18H22N4O3S/c19-13-14-1-3-15(4-2-14)18(23)22-11-9-21(10-12-22)16-5-7-17(8-6-16)26(20,24)25/h1-8H,9-13,19H2,(H2,20,24,25). The van der Waals surface area contributed by atoms with E-state index in [9.17, 15) is 13.2 Å². The van der Waals surface area contributed by atoms with Gasteiger partial charge in [-0.2, -0.15) is 0 Å². The van der Waals surface area contributed by atoms with Crippen molar-refractivity contribution in [2.45, 2.75) is 11.4 Å². The maximum atomic E-state index is 12.6. The predicted molar refractivity (Wildman–Crippen MR) is 100 cm³/mol. The van der Waals surface area contributed by atoms with Crippen LogP contribution in [0.15, 0.2) is 53.4 Å². The van der Waals surface area contributed by atoms with Gasteiger partial charge in [0, 0.05) is 44.0 Å². The number of piperazine rings is 1. The third-order valence-corrected chi connectivity index (χ3v) is 5.46. The van der Waals surface area contributed by atoms with Crippen LogP contribution in [0, 0.1) is 0 Å². The minimum absolute atomic E-state index is 0.0118. The van der Waals surface area contributed by atoms with E-state index < -0.39 is 10.0 Å². The zero-order valence-electron chi connectivity index (χ0n) is 14.3. The van der Waals surface area contributed by atoms with Gasteiger partial charge in [-0.05, 0) is 42.0 Å². The Bertz CT molecular complexity index is 872. The van der Waals surface area contributed by atoms with Crippen LogP contribution < -0.4 is 15.8 Å². The highest BCUT2D eigenvalue weighted by molar-refractivity contribution is 7.89. The summed E-state index contributed by atoms with van der Waals surface area (Å²) in [5.41, 5.74) is 8.15. The molecule has 7 nitrogen and oxygen atoms in total.